The van der Waals surface area contributed by atoms with E-state index in [1.54, 1.807) is 7.11 Å². The van der Waals surface area contributed by atoms with E-state index in [-0.39, 0.29) is 5.91 Å². The van der Waals surface area contributed by atoms with Gasteiger partial charge in [0.2, 0.25) is 5.91 Å². The highest BCUT2D eigenvalue weighted by atomic mass is 32.2. The molecule has 0 saturated carbocycles. The first-order valence-electron chi connectivity index (χ1n) is 10.00. The number of anilines is 1. The number of methoxy groups -OCH3 is 1. The van der Waals surface area contributed by atoms with E-state index < -0.39 is 17.6 Å². The van der Waals surface area contributed by atoms with Crippen molar-refractivity contribution in [3.63, 3.8) is 0 Å². The first-order chi connectivity index (χ1) is 13.3. The van der Waals surface area contributed by atoms with Crippen molar-refractivity contribution in [1.29, 1.82) is 0 Å². The second-order valence-electron chi connectivity index (χ2n) is 8.38. The number of amides is 3. The Labute approximate surface area is 171 Å². The monoisotopic (exact) mass is 405 g/mol. The molecule has 6 nitrogen and oxygen atoms in total. The molecule has 2 aliphatic carbocycles. The zero-order chi connectivity index (χ0) is 20.3. The summed E-state index contributed by atoms with van der Waals surface area (Å²) in [6.07, 6.45) is 6.84. The number of carbonyl (C=O) groups excluding carboxylic acids is 2. The maximum Gasteiger partial charge on any atom is 0.325 e. The molecule has 4 N–H and O–H groups in total. The summed E-state index contributed by atoms with van der Waals surface area (Å²) >= 11 is 1.10. The minimum Gasteiger partial charge on any atom is -0.379 e. The molecule has 1 atom stereocenters. The summed E-state index contributed by atoms with van der Waals surface area (Å²) in [6, 6.07) is 1.86. The number of nitrogens with two attached hydrogens (primary N) is 1. The summed E-state index contributed by atoms with van der Waals surface area (Å²) < 4.78 is 5.44. The van der Waals surface area contributed by atoms with Crippen molar-refractivity contribution < 1.29 is 14.3 Å². The summed E-state index contributed by atoms with van der Waals surface area (Å²) in [7, 11) is 1.62. The van der Waals surface area contributed by atoms with E-state index in [1.807, 2.05) is 13.8 Å². The van der Waals surface area contributed by atoms with Crippen molar-refractivity contribution in [3.8, 4) is 0 Å². The second-order valence-corrected chi connectivity index (χ2v) is 9.04. The Morgan fingerprint density at radius 1 is 1.18 bits per heavy atom. The number of hydrogen-bond acceptors (Lipinski definition) is 5. The van der Waals surface area contributed by atoms with Gasteiger partial charge in [0.05, 0.1) is 11.5 Å². The zero-order valence-corrected chi connectivity index (χ0v) is 17.8. The van der Waals surface area contributed by atoms with Crippen LogP contribution >= 0.6 is 11.9 Å². The van der Waals surface area contributed by atoms with Gasteiger partial charge in [-0.15, -0.1) is 0 Å². The molecule has 3 rings (SSSR count). The Hall–Kier alpha value is -1.57. The number of benzene rings is 1. The van der Waals surface area contributed by atoms with Gasteiger partial charge in [-0.2, -0.15) is 0 Å². The smallest absolute Gasteiger partial charge is 0.325 e. The van der Waals surface area contributed by atoms with Crippen molar-refractivity contribution in [1.82, 2.24) is 5.32 Å². The highest BCUT2D eigenvalue weighted by molar-refractivity contribution is 7.97. The van der Waals surface area contributed by atoms with Gasteiger partial charge in [-0.05, 0) is 81.0 Å². The van der Waals surface area contributed by atoms with E-state index in [0.29, 0.717) is 12.2 Å². The molecule has 0 aromatic heterocycles. The van der Waals surface area contributed by atoms with Crippen LogP contribution in [0.2, 0.25) is 0 Å². The van der Waals surface area contributed by atoms with E-state index >= 15 is 0 Å². The van der Waals surface area contributed by atoms with Gasteiger partial charge in [-0.1, -0.05) is 18.0 Å². The predicted molar refractivity (Wildman–Crippen MR) is 113 cm³/mol. The summed E-state index contributed by atoms with van der Waals surface area (Å²) in [5, 5.41) is 11.1. The van der Waals surface area contributed by atoms with E-state index in [4.69, 9.17) is 9.88 Å². The molecule has 154 valence electrons. The molecule has 0 spiro atoms. The lowest BCUT2D eigenvalue weighted by molar-refractivity contribution is -0.125. The lowest BCUT2D eigenvalue weighted by Crippen LogP contribution is -2.42. The number of urea groups is 1. The molecule has 2 aliphatic rings. The minimum absolute atomic E-state index is 0.315. The Bertz CT molecular complexity index is 732. The molecule has 28 heavy (non-hydrogen) atoms. The molecule has 1 aromatic rings. The van der Waals surface area contributed by atoms with Crippen LogP contribution < -0.4 is 15.8 Å². The van der Waals surface area contributed by atoms with Gasteiger partial charge in [-0.25, -0.2) is 4.79 Å². The minimum atomic E-state index is -0.463. The number of imide groups is 1. The summed E-state index contributed by atoms with van der Waals surface area (Å²) in [5.74, 6) is -0.283. The van der Waals surface area contributed by atoms with Crippen molar-refractivity contribution in [2.24, 2.45) is 11.1 Å². The van der Waals surface area contributed by atoms with Gasteiger partial charge in [0.25, 0.3) is 0 Å². The fourth-order valence-electron chi connectivity index (χ4n) is 4.35. The summed E-state index contributed by atoms with van der Waals surface area (Å²) in [4.78, 5) is 25.4. The van der Waals surface area contributed by atoms with Crippen LogP contribution in [0, 0.1) is 5.92 Å². The quantitative estimate of drug-likeness (QED) is 0.605. The van der Waals surface area contributed by atoms with E-state index in [1.165, 1.54) is 22.3 Å². The molecular weight excluding hydrogens is 374 g/mol. The molecule has 0 bridgehead atoms. The number of rotatable bonds is 7. The van der Waals surface area contributed by atoms with Crippen LogP contribution in [0.1, 0.15) is 55.4 Å². The second kappa shape index (κ2) is 8.84. The van der Waals surface area contributed by atoms with Gasteiger partial charge in [0.15, 0.2) is 0 Å². The predicted octanol–water partition coefficient (Wildman–Crippen LogP) is 3.35. The number of hydrogen-bond donors (Lipinski definition) is 3. The molecule has 1 unspecified atom stereocenters. The van der Waals surface area contributed by atoms with Crippen molar-refractivity contribution in [2.75, 3.05) is 18.2 Å². The third-order valence-electron chi connectivity index (χ3n) is 5.91. The SMILES string of the molecule is COC(C)(C)CC(CSN)C(=O)NC(=O)Nc1c2c(cc3c1CCC3)CCC2. The number of carbonyl (C=O) groups is 2. The molecular formula is C21H31N3O3S. The molecule has 0 heterocycles. The fraction of sp³-hybridized carbons (Fsp3) is 0.619. The maximum absolute atomic E-state index is 12.7. The molecule has 3 amide bonds. The van der Waals surface area contributed by atoms with Crippen LogP contribution in [0.3, 0.4) is 0 Å². The van der Waals surface area contributed by atoms with E-state index in [2.05, 4.69) is 16.7 Å². The van der Waals surface area contributed by atoms with Crippen LogP contribution in [0.4, 0.5) is 10.5 Å². The highest BCUT2D eigenvalue weighted by Crippen LogP contribution is 2.38. The average molecular weight is 406 g/mol. The van der Waals surface area contributed by atoms with Crippen LogP contribution in [-0.4, -0.2) is 30.4 Å². The highest BCUT2D eigenvalue weighted by Gasteiger charge is 2.30. The largest absolute Gasteiger partial charge is 0.379 e. The van der Waals surface area contributed by atoms with Crippen molar-refractivity contribution >= 4 is 29.6 Å². The van der Waals surface area contributed by atoms with Crippen molar-refractivity contribution in [3.05, 3.63) is 28.3 Å². The molecule has 0 fully saturated rings. The molecule has 0 radical (unpaired) electrons. The van der Waals surface area contributed by atoms with Gasteiger partial charge >= 0.3 is 6.03 Å². The van der Waals surface area contributed by atoms with Crippen molar-refractivity contribution in [2.45, 2.75) is 64.4 Å². The Morgan fingerprint density at radius 2 is 1.79 bits per heavy atom. The molecule has 7 heteroatoms. The van der Waals surface area contributed by atoms with E-state index in [9.17, 15) is 9.59 Å². The lowest BCUT2D eigenvalue weighted by atomic mass is 9.94. The Balaban J connectivity index is 1.71. The standard InChI is InChI=1S/C21H31N3O3S/c1-21(2,27-3)11-15(12-28-22)19(25)24-20(26)23-18-16-8-4-6-13(16)10-14-7-5-9-17(14)18/h10,15H,4-9,11-12,22H2,1-3H3,(H2,23,24,25,26). The number of nitrogens with one attached hydrogen (secondary N) is 2. The third-order valence-corrected chi connectivity index (χ3v) is 6.50. The van der Waals surface area contributed by atoms with Crippen LogP contribution in [-0.2, 0) is 35.2 Å². The Kier molecular flexibility index (Phi) is 6.68. The molecule has 0 aliphatic heterocycles. The lowest BCUT2D eigenvalue weighted by Gasteiger charge is -2.27. The first kappa shape index (κ1) is 21.1. The zero-order valence-electron chi connectivity index (χ0n) is 17.0. The Morgan fingerprint density at radius 3 is 2.32 bits per heavy atom. The van der Waals surface area contributed by atoms with Gasteiger partial charge in [0.1, 0.15) is 0 Å². The van der Waals surface area contributed by atoms with Gasteiger partial charge in [-0.3, -0.25) is 15.3 Å². The number of aryl methyl sites for hydroxylation is 2. The van der Waals surface area contributed by atoms with Crippen LogP contribution in [0.5, 0.6) is 0 Å². The van der Waals surface area contributed by atoms with Gasteiger partial charge in [0, 0.05) is 18.6 Å². The normalized spacial score (nSPS) is 16.4. The number of ether oxygens (including phenoxy) is 1. The van der Waals surface area contributed by atoms with Crippen LogP contribution in [0.15, 0.2) is 6.07 Å². The molecule has 1 aromatic carbocycles. The number of fused-ring (bicyclic) bond motifs is 2. The van der Waals surface area contributed by atoms with E-state index in [0.717, 1.165) is 56.2 Å². The van der Waals surface area contributed by atoms with Gasteiger partial charge < -0.3 is 10.1 Å². The topological polar surface area (TPSA) is 93.4 Å². The average Bonchev–Trinajstić information content (AvgIpc) is 3.30. The maximum atomic E-state index is 12.7. The van der Waals surface area contributed by atoms with Crippen LogP contribution in [0.25, 0.3) is 0 Å². The third kappa shape index (κ3) is 4.70. The fourth-order valence-corrected chi connectivity index (χ4v) is 4.85. The first-order valence-corrected chi connectivity index (χ1v) is 11.0. The summed E-state index contributed by atoms with van der Waals surface area (Å²) in [5.41, 5.74) is 5.67. The molecule has 0 saturated heterocycles. The summed E-state index contributed by atoms with van der Waals surface area (Å²) in [6.45, 7) is 3.84.